The van der Waals surface area contributed by atoms with E-state index in [1.165, 1.54) is 13.3 Å². The van der Waals surface area contributed by atoms with Gasteiger partial charge >= 0.3 is 6.01 Å². The van der Waals surface area contributed by atoms with Crippen molar-refractivity contribution in [3.05, 3.63) is 11.2 Å². The second-order valence-corrected chi connectivity index (χ2v) is 3.61. The van der Waals surface area contributed by atoms with Gasteiger partial charge in [0.1, 0.15) is 5.02 Å². The number of nitrogens with two attached hydrogens (primary N) is 1. The molecule has 1 fully saturated rings. The zero-order valence-corrected chi connectivity index (χ0v) is 8.45. The molecule has 1 aliphatic rings. The first-order chi connectivity index (χ1) is 6.70. The summed E-state index contributed by atoms with van der Waals surface area (Å²) >= 11 is 5.89. The van der Waals surface area contributed by atoms with Crippen LogP contribution in [-0.2, 0) is 0 Å². The summed E-state index contributed by atoms with van der Waals surface area (Å²) in [7, 11) is 1.51. The zero-order valence-electron chi connectivity index (χ0n) is 7.70. The van der Waals surface area contributed by atoms with Gasteiger partial charge in [-0.1, -0.05) is 11.6 Å². The van der Waals surface area contributed by atoms with Crippen molar-refractivity contribution in [3.63, 3.8) is 0 Å². The number of rotatable bonds is 3. The molecule has 14 heavy (non-hydrogen) atoms. The highest BCUT2D eigenvalue weighted by Gasteiger charge is 2.34. The average Bonchev–Trinajstić information content (AvgIpc) is 2.86. The van der Waals surface area contributed by atoms with E-state index >= 15 is 0 Å². The van der Waals surface area contributed by atoms with Gasteiger partial charge in [-0.25, -0.2) is 4.98 Å². The lowest BCUT2D eigenvalue weighted by atomic mass is 10.5. The van der Waals surface area contributed by atoms with Crippen molar-refractivity contribution < 1.29 is 4.74 Å². The van der Waals surface area contributed by atoms with E-state index in [1.807, 2.05) is 0 Å². The third-order valence-electron chi connectivity index (χ3n) is 2.07. The fraction of sp³-hybridized carbons (Fsp3) is 0.500. The van der Waals surface area contributed by atoms with E-state index in [0.29, 0.717) is 16.9 Å². The van der Waals surface area contributed by atoms with Crippen molar-refractivity contribution in [2.75, 3.05) is 12.4 Å². The van der Waals surface area contributed by atoms with Crippen LogP contribution in [-0.4, -0.2) is 29.2 Å². The minimum atomic E-state index is 0.201. The molecule has 1 aliphatic carbocycles. The first kappa shape index (κ1) is 9.48. The van der Waals surface area contributed by atoms with Crippen LogP contribution in [0.15, 0.2) is 6.20 Å². The Hall–Kier alpha value is -1.07. The van der Waals surface area contributed by atoms with E-state index in [1.54, 1.807) is 0 Å². The zero-order chi connectivity index (χ0) is 10.1. The molecule has 76 valence electrons. The van der Waals surface area contributed by atoms with E-state index in [2.05, 4.69) is 15.3 Å². The van der Waals surface area contributed by atoms with E-state index in [0.717, 1.165) is 6.42 Å². The third-order valence-corrected chi connectivity index (χ3v) is 2.34. The maximum atomic E-state index is 5.89. The molecule has 6 heteroatoms. The van der Waals surface area contributed by atoms with Crippen LogP contribution in [0.5, 0.6) is 6.01 Å². The molecular weight excluding hydrogens is 204 g/mol. The molecule has 0 radical (unpaired) electrons. The van der Waals surface area contributed by atoms with Crippen molar-refractivity contribution in [2.45, 2.75) is 18.5 Å². The summed E-state index contributed by atoms with van der Waals surface area (Å²) in [5.74, 6) is 0.580. The number of anilines is 1. The number of hydrogen-bond acceptors (Lipinski definition) is 5. The molecule has 2 rings (SSSR count). The van der Waals surface area contributed by atoms with Crippen molar-refractivity contribution in [2.24, 2.45) is 5.73 Å². The van der Waals surface area contributed by atoms with Gasteiger partial charge in [0.15, 0.2) is 5.82 Å². The molecule has 1 heterocycles. The monoisotopic (exact) mass is 214 g/mol. The summed E-state index contributed by atoms with van der Waals surface area (Å²) in [4.78, 5) is 7.94. The Morgan fingerprint density at radius 2 is 2.43 bits per heavy atom. The van der Waals surface area contributed by atoms with Gasteiger partial charge in [0.25, 0.3) is 0 Å². The van der Waals surface area contributed by atoms with Crippen molar-refractivity contribution >= 4 is 17.4 Å². The van der Waals surface area contributed by atoms with Gasteiger partial charge in [0, 0.05) is 12.1 Å². The number of aromatic nitrogens is 2. The summed E-state index contributed by atoms with van der Waals surface area (Å²) in [5, 5.41) is 3.60. The second kappa shape index (κ2) is 3.59. The highest BCUT2D eigenvalue weighted by molar-refractivity contribution is 6.32. The maximum absolute atomic E-state index is 5.89. The smallest absolute Gasteiger partial charge is 0.318 e. The Kier molecular flexibility index (Phi) is 2.43. The van der Waals surface area contributed by atoms with Crippen LogP contribution in [0.3, 0.4) is 0 Å². The van der Waals surface area contributed by atoms with E-state index < -0.39 is 0 Å². The van der Waals surface area contributed by atoms with Crippen LogP contribution >= 0.6 is 11.6 Å². The van der Waals surface area contributed by atoms with Crippen LogP contribution < -0.4 is 15.8 Å². The fourth-order valence-electron chi connectivity index (χ4n) is 1.11. The van der Waals surface area contributed by atoms with Gasteiger partial charge in [0.2, 0.25) is 0 Å². The number of ether oxygens (including phenoxy) is 1. The van der Waals surface area contributed by atoms with E-state index in [9.17, 15) is 0 Å². The van der Waals surface area contributed by atoms with Crippen molar-refractivity contribution in [3.8, 4) is 6.01 Å². The molecule has 1 aromatic rings. The quantitative estimate of drug-likeness (QED) is 0.773. The predicted octanol–water partition coefficient (Wildman–Crippen LogP) is 0.650. The summed E-state index contributed by atoms with van der Waals surface area (Å²) in [6.07, 6.45) is 2.45. The maximum Gasteiger partial charge on any atom is 0.318 e. The van der Waals surface area contributed by atoms with Gasteiger partial charge in [-0.15, -0.1) is 0 Å². The Bertz CT molecular complexity index is 346. The minimum Gasteiger partial charge on any atom is -0.467 e. The molecule has 0 aromatic carbocycles. The average molecular weight is 215 g/mol. The van der Waals surface area contributed by atoms with Crippen LogP contribution in [0, 0.1) is 0 Å². The summed E-state index contributed by atoms with van der Waals surface area (Å²) in [5.41, 5.74) is 5.65. The third kappa shape index (κ3) is 1.88. The van der Waals surface area contributed by atoms with Gasteiger partial charge in [-0.2, -0.15) is 4.98 Å². The molecule has 1 saturated carbocycles. The molecule has 0 aliphatic heterocycles. The Labute approximate surface area is 86.6 Å². The lowest BCUT2D eigenvalue weighted by molar-refractivity contribution is 0.380. The normalized spacial score (nSPS) is 24.5. The Morgan fingerprint density at radius 1 is 1.71 bits per heavy atom. The molecule has 2 atom stereocenters. The Morgan fingerprint density at radius 3 is 3.00 bits per heavy atom. The van der Waals surface area contributed by atoms with Crippen molar-refractivity contribution in [1.82, 2.24) is 9.97 Å². The van der Waals surface area contributed by atoms with Crippen LogP contribution in [0.1, 0.15) is 6.42 Å². The molecule has 0 saturated heterocycles. The molecule has 5 nitrogen and oxygen atoms in total. The van der Waals surface area contributed by atoms with E-state index in [4.69, 9.17) is 22.1 Å². The number of nitrogens with one attached hydrogen (secondary N) is 1. The van der Waals surface area contributed by atoms with Crippen LogP contribution in [0.4, 0.5) is 5.82 Å². The molecule has 0 amide bonds. The van der Waals surface area contributed by atoms with Crippen LogP contribution in [0.2, 0.25) is 5.02 Å². The number of halogens is 1. The number of methoxy groups -OCH3 is 1. The predicted molar refractivity (Wildman–Crippen MR) is 53.6 cm³/mol. The van der Waals surface area contributed by atoms with Crippen LogP contribution in [0.25, 0.3) is 0 Å². The topological polar surface area (TPSA) is 73.1 Å². The molecular formula is C8H11ClN4O. The van der Waals surface area contributed by atoms with Gasteiger partial charge in [-0.05, 0) is 6.42 Å². The molecule has 2 unspecified atom stereocenters. The van der Waals surface area contributed by atoms with E-state index in [-0.39, 0.29) is 12.1 Å². The SMILES string of the molecule is COc1ncc(Cl)c(NC2CC2N)n1. The minimum absolute atomic E-state index is 0.201. The van der Waals surface area contributed by atoms with Crippen molar-refractivity contribution in [1.29, 1.82) is 0 Å². The lowest BCUT2D eigenvalue weighted by Gasteiger charge is -2.06. The fourth-order valence-corrected chi connectivity index (χ4v) is 1.25. The molecule has 1 aromatic heterocycles. The largest absolute Gasteiger partial charge is 0.467 e. The highest BCUT2D eigenvalue weighted by atomic mass is 35.5. The summed E-state index contributed by atoms with van der Waals surface area (Å²) < 4.78 is 4.89. The lowest BCUT2D eigenvalue weighted by Crippen LogP contribution is -2.14. The second-order valence-electron chi connectivity index (χ2n) is 3.20. The van der Waals surface area contributed by atoms with Gasteiger partial charge in [-0.3, -0.25) is 0 Å². The molecule has 0 bridgehead atoms. The Balaban J connectivity index is 2.14. The summed E-state index contributed by atoms with van der Waals surface area (Å²) in [6.45, 7) is 0. The number of hydrogen-bond donors (Lipinski definition) is 2. The molecule has 3 N–H and O–H groups in total. The van der Waals surface area contributed by atoms with Gasteiger partial charge in [0.05, 0.1) is 13.3 Å². The molecule has 0 spiro atoms. The first-order valence-corrected chi connectivity index (χ1v) is 4.67. The summed E-state index contributed by atoms with van der Waals surface area (Å²) in [6, 6.07) is 0.769. The number of nitrogens with zero attached hydrogens (tertiary/aromatic N) is 2. The highest BCUT2D eigenvalue weighted by Crippen LogP contribution is 2.27. The standard InChI is InChI=1S/C8H11ClN4O/c1-14-8-11-3-4(9)7(13-8)12-6-2-5(6)10/h3,5-6H,2,10H2,1H3,(H,11,12,13). The first-order valence-electron chi connectivity index (χ1n) is 4.29. The van der Waals surface area contributed by atoms with Gasteiger partial charge < -0.3 is 15.8 Å².